The second-order valence-electron chi connectivity index (χ2n) is 4.47. The molecule has 0 fully saturated rings. The van der Waals surface area contributed by atoms with Gasteiger partial charge in [-0.1, -0.05) is 12.1 Å². The number of para-hydroxylation sites is 1. The lowest BCUT2D eigenvalue weighted by Gasteiger charge is -2.08. The number of nitrogens with two attached hydrogens (primary N) is 1. The first kappa shape index (κ1) is 12.5. The van der Waals surface area contributed by atoms with Crippen LogP contribution in [0.4, 0.5) is 19.1 Å². The quantitative estimate of drug-likeness (QED) is 0.693. The molecule has 0 saturated heterocycles. The standard InChI is InChI=1S/C14H10F3N3/c1-7-3-2-4-10-13(7)19-14(18)20(10)11-6-8(15)5-9(16)12(11)17/h2-6H,1H3,(H2,18,19). The zero-order chi connectivity index (χ0) is 14.4. The van der Waals surface area contributed by atoms with E-state index in [4.69, 9.17) is 5.73 Å². The lowest BCUT2D eigenvalue weighted by Crippen LogP contribution is -2.05. The normalized spacial score (nSPS) is 11.2. The van der Waals surface area contributed by atoms with Crippen molar-refractivity contribution >= 4 is 17.0 Å². The maximum absolute atomic E-state index is 13.9. The Hall–Kier alpha value is -2.50. The van der Waals surface area contributed by atoms with Gasteiger partial charge in [0.25, 0.3) is 0 Å². The third-order valence-electron chi connectivity index (χ3n) is 3.13. The van der Waals surface area contributed by atoms with E-state index < -0.39 is 17.5 Å². The van der Waals surface area contributed by atoms with Crippen LogP contribution in [0.1, 0.15) is 5.56 Å². The average Bonchev–Trinajstić information content (AvgIpc) is 2.72. The summed E-state index contributed by atoms with van der Waals surface area (Å²) in [4.78, 5) is 4.12. The molecule has 0 unspecified atom stereocenters. The topological polar surface area (TPSA) is 43.8 Å². The molecule has 2 aromatic carbocycles. The van der Waals surface area contributed by atoms with Gasteiger partial charge in [-0.3, -0.25) is 4.57 Å². The number of aromatic nitrogens is 2. The zero-order valence-electron chi connectivity index (χ0n) is 10.5. The highest BCUT2D eigenvalue weighted by atomic mass is 19.2. The molecule has 6 heteroatoms. The Morgan fingerprint density at radius 3 is 2.65 bits per heavy atom. The van der Waals surface area contributed by atoms with Gasteiger partial charge in [-0.15, -0.1) is 0 Å². The number of rotatable bonds is 1. The molecule has 20 heavy (non-hydrogen) atoms. The van der Waals surface area contributed by atoms with Crippen LogP contribution < -0.4 is 5.73 Å². The molecule has 2 N–H and O–H groups in total. The Kier molecular flexibility index (Phi) is 2.67. The van der Waals surface area contributed by atoms with Crippen LogP contribution in [0.25, 0.3) is 16.7 Å². The van der Waals surface area contributed by atoms with E-state index in [1.807, 2.05) is 13.0 Å². The van der Waals surface area contributed by atoms with E-state index in [-0.39, 0.29) is 11.6 Å². The van der Waals surface area contributed by atoms with Gasteiger partial charge in [0.05, 0.1) is 16.7 Å². The number of aryl methyl sites for hydroxylation is 1. The summed E-state index contributed by atoms with van der Waals surface area (Å²) in [5, 5.41) is 0. The molecule has 1 heterocycles. The molecule has 0 spiro atoms. The Labute approximate surface area is 112 Å². The summed E-state index contributed by atoms with van der Waals surface area (Å²) < 4.78 is 41.8. The first-order chi connectivity index (χ1) is 9.49. The van der Waals surface area contributed by atoms with Gasteiger partial charge in [0.2, 0.25) is 5.95 Å². The molecule has 0 aliphatic carbocycles. The van der Waals surface area contributed by atoms with Gasteiger partial charge in [-0.2, -0.15) is 0 Å². The van der Waals surface area contributed by atoms with Gasteiger partial charge in [0.1, 0.15) is 5.82 Å². The van der Waals surface area contributed by atoms with E-state index in [1.54, 1.807) is 12.1 Å². The lowest BCUT2D eigenvalue weighted by molar-refractivity contribution is 0.491. The second-order valence-corrected chi connectivity index (χ2v) is 4.47. The van der Waals surface area contributed by atoms with Crippen LogP contribution in [0.2, 0.25) is 0 Å². The summed E-state index contributed by atoms with van der Waals surface area (Å²) in [6, 6.07) is 6.59. The van der Waals surface area contributed by atoms with Crippen LogP contribution >= 0.6 is 0 Å². The highest BCUT2D eigenvalue weighted by Crippen LogP contribution is 2.28. The molecule has 1 aromatic heterocycles. The Balaban J connectivity index is 2.41. The van der Waals surface area contributed by atoms with Crippen LogP contribution in [0.3, 0.4) is 0 Å². The summed E-state index contributed by atoms with van der Waals surface area (Å²) in [6.07, 6.45) is 0. The van der Waals surface area contributed by atoms with Crippen LogP contribution in [0.5, 0.6) is 0 Å². The van der Waals surface area contributed by atoms with Crippen molar-refractivity contribution in [1.82, 2.24) is 9.55 Å². The Bertz CT molecular complexity index is 824. The number of halogens is 3. The van der Waals surface area contributed by atoms with E-state index in [0.717, 1.165) is 11.6 Å². The van der Waals surface area contributed by atoms with Gasteiger partial charge >= 0.3 is 0 Å². The number of fused-ring (bicyclic) bond motifs is 1. The van der Waals surface area contributed by atoms with Crippen LogP contribution in [-0.4, -0.2) is 9.55 Å². The van der Waals surface area contributed by atoms with E-state index >= 15 is 0 Å². The number of nitrogen functional groups attached to an aromatic ring is 1. The van der Waals surface area contributed by atoms with Crippen molar-refractivity contribution < 1.29 is 13.2 Å². The molecule has 3 nitrogen and oxygen atoms in total. The molecule has 0 aliphatic rings. The zero-order valence-corrected chi connectivity index (χ0v) is 10.5. The minimum atomic E-state index is -1.27. The minimum absolute atomic E-state index is 0.0294. The molecule has 3 rings (SSSR count). The molecule has 3 aromatic rings. The van der Waals surface area contributed by atoms with Gasteiger partial charge in [0, 0.05) is 12.1 Å². The van der Waals surface area contributed by atoms with Gasteiger partial charge in [-0.25, -0.2) is 18.2 Å². The van der Waals surface area contributed by atoms with Crippen molar-refractivity contribution in [2.45, 2.75) is 6.92 Å². The van der Waals surface area contributed by atoms with Gasteiger partial charge in [-0.05, 0) is 18.6 Å². The van der Waals surface area contributed by atoms with Crippen LogP contribution in [0.15, 0.2) is 30.3 Å². The van der Waals surface area contributed by atoms with Crippen molar-refractivity contribution in [3.63, 3.8) is 0 Å². The fourth-order valence-corrected chi connectivity index (χ4v) is 2.22. The maximum Gasteiger partial charge on any atom is 0.206 e. The molecular formula is C14H10F3N3. The molecule has 102 valence electrons. The maximum atomic E-state index is 13.9. The van der Waals surface area contributed by atoms with E-state index in [0.29, 0.717) is 17.1 Å². The summed E-state index contributed by atoms with van der Waals surface area (Å²) >= 11 is 0. The number of hydrogen-bond acceptors (Lipinski definition) is 2. The molecule has 0 saturated carbocycles. The Morgan fingerprint density at radius 2 is 1.90 bits per heavy atom. The molecule has 0 atom stereocenters. The van der Waals surface area contributed by atoms with Crippen molar-refractivity contribution in [3.8, 4) is 5.69 Å². The second kappa shape index (κ2) is 4.26. The smallest absolute Gasteiger partial charge is 0.206 e. The van der Waals surface area contributed by atoms with Crippen LogP contribution in [-0.2, 0) is 0 Å². The van der Waals surface area contributed by atoms with Crippen molar-refractivity contribution in [3.05, 3.63) is 53.3 Å². The predicted molar refractivity (Wildman–Crippen MR) is 70.1 cm³/mol. The third-order valence-corrected chi connectivity index (χ3v) is 3.13. The first-order valence-electron chi connectivity index (χ1n) is 5.87. The van der Waals surface area contributed by atoms with Crippen molar-refractivity contribution in [2.75, 3.05) is 5.73 Å². The first-order valence-corrected chi connectivity index (χ1v) is 5.87. The number of benzene rings is 2. The molecule has 0 radical (unpaired) electrons. The largest absolute Gasteiger partial charge is 0.369 e. The van der Waals surface area contributed by atoms with Crippen LogP contribution in [0, 0.1) is 24.4 Å². The number of imidazole rings is 1. The SMILES string of the molecule is Cc1cccc2c1nc(N)n2-c1cc(F)cc(F)c1F. The fraction of sp³-hybridized carbons (Fsp3) is 0.0714. The summed E-state index contributed by atoms with van der Waals surface area (Å²) in [5.74, 6) is -3.35. The summed E-state index contributed by atoms with van der Waals surface area (Å²) in [5.41, 5.74) is 7.36. The third kappa shape index (κ3) is 1.72. The van der Waals surface area contributed by atoms with Gasteiger partial charge in [0.15, 0.2) is 11.6 Å². The molecule has 0 aliphatic heterocycles. The molecule has 0 amide bonds. The summed E-state index contributed by atoms with van der Waals surface area (Å²) in [7, 11) is 0. The average molecular weight is 277 g/mol. The highest BCUT2D eigenvalue weighted by Gasteiger charge is 2.18. The number of anilines is 1. The molecular weight excluding hydrogens is 267 g/mol. The Morgan fingerprint density at radius 1 is 1.15 bits per heavy atom. The monoisotopic (exact) mass is 277 g/mol. The van der Waals surface area contributed by atoms with E-state index in [1.165, 1.54) is 4.57 Å². The van der Waals surface area contributed by atoms with E-state index in [9.17, 15) is 13.2 Å². The highest BCUT2D eigenvalue weighted by molar-refractivity contribution is 5.83. The lowest BCUT2D eigenvalue weighted by atomic mass is 10.2. The van der Waals surface area contributed by atoms with E-state index in [2.05, 4.69) is 4.98 Å². The summed E-state index contributed by atoms with van der Waals surface area (Å²) in [6.45, 7) is 1.82. The predicted octanol–water partition coefficient (Wildman–Crippen LogP) is 3.33. The minimum Gasteiger partial charge on any atom is -0.369 e. The van der Waals surface area contributed by atoms with Crippen molar-refractivity contribution in [1.29, 1.82) is 0 Å². The number of nitrogens with zero attached hydrogens (tertiary/aromatic N) is 2. The number of hydrogen-bond donors (Lipinski definition) is 1. The van der Waals surface area contributed by atoms with Crippen molar-refractivity contribution in [2.24, 2.45) is 0 Å². The van der Waals surface area contributed by atoms with Gasteiger partial charge < -0.3 is 5.73 Å². The fourth-order valence-electron chi connectivity index (χ4n) is 2.22. The molecule has 0 bridgehead atoms.